The normalized spacial score (nSPS) is 12.5. The minimum Gasteiger partial charge on any atom is -0.325 e. The van der Waals surface area contributed by atoms with E-state index in [1.54, 1.807) is 0 Å². The first-order chi connectivity index (χ1) is 6.11. The van der Waals surface area contributed by atoms with Gasteiger partial charge in [-0.3, -0.25) is 4.90 Å². The molecule has 0 heterocycles. The number of hydrogen-bond donors (Lipinski definition) is 0. The largest absolute Gasteiger partial charge is 0.325 e. The van der Waals surface area contributed by atoms with E-state index in [1.807, 2.05) is 0 Å². The van der Waals surface area contributed by atoms with Gasteiger partial charge in [0.15, 0.2) is 0 Å². The Morgan fingerprint density at radius 2 is 1.38 bits per heavy atom. The summed E-state index contributed by atoms with van der Waals surface area (Å²) in [6.07, 6.45) is 0. The highest BCUT2D eigenvalue weighted by molar-refractivity contribution is 4.50. The Labute approximate surface area is 84.1 Å². The lowest BCUT2D eigenvalue weighted by atomic mass is 10.3. The zero-order valence-electron chi connectivity index (χ0n) is 10.1. The van der Waals surface area contributed by atoms with Gasteiger partial charge in [-0.15, -0.1) is 0 Å². The maximum atomic E-state index is 2.50. The summed E-state index contributed by atoms with van der Waals surface area (Å²) < 4.78 is 1.20. The van der Waals surface area contributed by atoms with E-state index in [4.69, 9.17) is 0 Å². The predicted octanol–water partition coefficient (Wildman–Crippen LogP) is 1.81. The first-order valence-electron chi connectivity index (χ1n) is 5.67. The Morgan fingerprint density at radius 1 is 0.923 bits per heavy atom. The topological polar surface area (TPSA) is 3.24 Å². The molecule has 0 radical (unpaired) electrons. The Hall–Kier alpha value is -0.0800. The lowest BCUT2D eigenvalue weighted by Crippen LogP contribution is -2.48. The fourth-order valence-electron chi connectivity index (χ4n) is 1.46. The smallest absolute Gasteiger partial charge is 0.0913 e. The monoisotopic (exact) mass is 187 g/mol. The van der Waals surface area contributed by atoms with Gasteiger partial charge in [0.1, 0.15) is 0 Å². The van der Waals surface area contributed by atoms with Gasteiger partial charge >= 0.3 is 0 Å². The molecule has 80 valence electrons. The van der Waals surface area contributed by atoms with Crippen molar-refractivity contribution in [1.82, 2.24) is 4.90 Å². The minimum absolute atomic E-state index is 1.18. The highest BCUT2D eigenvalue weighted by Gasteiger charge is 2.16. The van der Waals surface area contributed by atoms with Gasteiger partial charge in [0.05, 0.1) is 26.7 Å². The average Bonchev–Trinajstić information content (AvgIpc) is 2.19. The van der Waals surface area contributed by atoms with Gasteiger partial charge in [0.2, 0.25) is 0 Å². The molecule has 0 N–H and O–H groups in total. The molecule has 0 saturated carbocycles. The Kier molecular flexibility index (Phi) is 6.35. The Balaban J connectivity index is 3.83. The van der Waals surface area contributed by atoms with Gasteiger partial charge in [-0.25, -0.2) is 0 Å². The number of hydrogen-bond acceptors (Lipinski definition) is 1. The van der Waals surface area contributed by atoms with Crippen LogP contribution in [0.15, 0.2) is 0 Å². The predicted molar refractivity (Wildman–Crippen MR) is 59.9 cm³/mol. The summed E-state index contributed by atoms with van der Waals surface area (Å²) in [5.41, 5.74) is 0. The maximum absolute atomic E-state index is 2.50. The highest BCUT2D eigenvalue weighted by Crippen LogP contribution is 2.01. The second-order valence-corrected chi connectivity index (χ2v) is 4.00. The van der Waals surface area contributed by atoms with Crippen LogP contribution in [0.3, 0.4) is 0 Å². The van der Waals surface area contributed by atoms with Gasteiger partial charge in [0.25, 0.3) is 0 Å². The highest BCUT2D eigenvalue weighted by atomic mass is 15.3. The molecule has 13 heavy (non-hydrogen) atoms. The van der Waals surface area contributed by atoms with Gasteiger partial charge in [0, 0.05) is 6.54 Å². The molecule has 0 amide bonds. The fraction of sp³-hybridized carbons (Fsp3) is 1.00. The van der Waals surface area contributed by atoms with E-state index in [-0.39, 0.29) is 0 Å². The van der Waals surface area contributed by atoms with E-state index in [2.05, 4.69) is 39.6 Å². The summed E-state index contributed by atoms with van der Waals surface area (Å²) in [5, 5.41) is 0. The molecule has 0 aliphatic rings. The van der Waals surface area contributed by atoms with Gasteiger partial charge in [-0.2, -0.15) is 0 Å². The van der Waals surface area contributed by atoms with Gasteiger partial charge < -0.3 is 4.48 Å². The van der Waals surface area contributed by atoms with Crippen molar-refractivity contribution >= 4 is 0 Å². The summed E-state index contributed by atoms with van der Waals surface area (Å²) >= 11 is 0. The third-order valence-electron chi connectivity index (χ3n) is 3.38. The van der Waals surface area contributed by atoms with Crippen LogP contribution in [-0.4, -0.2) is 55.7 Å². The first-order valence-corrected chi connectivity index (χ1v) is 5.67. The molecule has 0 aromatic heterocycles. The maximum Gasteiger partial charge on any atom is 0.0913 e. The lowest BCUT2D eigenvalue weighted by Gasteiger charge is -2.34. The molecular weight excluding hydrogens is 160 g/mol. The van der Waals surface area contributed by atoms with Crippen LogP contribution in [-0.2, 0) is 0 Å². The lowest BCUT2D eigenvalue weighted by molar-refractivity contribution is -0.905. The van der Waals surface area contributed by atoms with Crippen molar-refractivity contribution in [3.05, 3.63) is 0 Å². The molecule has 2 nitrogen and oxygen atoms in total. The molecule has 0 atom stereocenters. The van der Waals surface area contributed by atoms with Crippen LogP contribution >= 0.6 is 0 Å². The van der Waals surface area contributed by atoms with E-state index in [0.29, 0.717) is 0 Å². The molecule has 0 fully saturated rings. The number of quaternary nitrogens is 1. The van der Waals surface area contributed by atoms with Crippen molar-refractivity contribution in [2.24, 2.45) is 0 Å². The van der Waals surface area contributed by atoms with Crippen LogP contribution in [0.1, 0.15) is 27.7 Å². The summed E-state index contributed by atoms with van der Waals surface area (Å²) in [5.74, 6) is 0. The van der Waals surface area contributed by atoms with Crippen LogP contribution in [0.4, 0.5) is 0 Å². The second kappa shape index (κ2) is 6.39. The first kappa shape index (κ1) is 12.9. The van der Waals surface area contributed by atoms with Crippen molar-refractivity contribution in [2.75, 3.05) is 46.3 Å². The molecule has 2 heteroatoms. The molecule has 0 saturated heterocycles. The summed E-state index contributed by atoms with van der Waals surface area (Å²) in [6.45, 7) is 16.4. The van der Waals surface area contributed by atoms with E-state index in [9.17, 15) is 0 Å². The fourth-order valence-corrected chi connectivity index (χ4v) is 1.46. The molecule has 0 rings (SSSR count). The molecule has 0 aromatic rings. The van der Waals surface area contributed by atoms with Crippen molar-refractivity contribution in [1.29, 1.82) is 0 Å². The summed E-state index contributed by atoms with van der Waals surface area (Å²) in [4.78, 5) is 2.50. The second-order valence-electron chi connectivity index (χ2n) is 4.00. The number of nitrogens with zero attached hydrogens (tertiary/aromatic N) is 2. The third-order valence-corrected chi connectivity index (χ3v) is 3.38. The number of rotatable bonds is 7. The zero-order chi connectivity index (χ0) is 10.3. The molecule has 0 aliphatic heterocycles. The molecule has 0 bridgehead atoms. The molecule has 0 spiro atoms. The van der Waals surface area contributed by atoms with Gasteiger partial charge in [-0.05, 0) is 26.9 Å². The molecular formula is C11H27N2+. The van der Waals surface area contributed by atoms with Gasteiger partial charge in [-0.1, -0.05) is 13.8 Å². The van der Waals surface area contributed by atoms with Crippen molar-refractivity contribution in [2.45, 2.75) is 27.7 Å². The summed E-state index contributed by atoms with van der Waals surface area (Å²) in [6, 6.07) is 0. The zero-order valence-corrected chi connectivity index (χ0v) is 10.1. The van der Waals surface area contributed by atoms with Crippen molar-refractivity contribution in [3.8, 4) is 0 Å². The SMILES string of the molecule is CCN(CC)CC[N+](C)(CC)CC. The van der Waals surface area contributed by atoms with E-state index < -0.39 is 0 Å². The Morgan fingerprint density at radius 3 is 1.69 bits per heavy atom. The van der Waals surface area contributed by atoms with Crippen LogP contribution in [0.5, 0.6) is 0 Å². The van der Waals surface area contributed by atoms with Crippen LogP contribution in [0, 0.1) is 0 Å². The van der Waals surface area contributed by atoms with Crippen LogP contribution in [0.25, 0.3) is 0 Å². The Bertz CT molecular complexity index is 115. The molecule has 0 unspecified atom stereocenters. The quantitative estimate of drug-likeness (QED) is 0.550. The van der Waals surface area contributed by atoms with E-state index in [1.165, 1.54) is 43.8 Å². The van der Waals surface area contributed by atoms with Crippen molar-refractivity contribution < 1.29 is 4.48 Å². The average molecular weight is 187 g/mol. The number of likely N-dealkylation sites (N-methyl/N-ethyl adjacent to an activating group) is 2. The van der Waals surface area contributed by atoms with Crippen LogP contribution in [0.2, 0.25) is 0 Å². The van der Waals surface area contributed by atoms with E-state index in [0.717, 1.165) is 0 Å². The van der Waals surface area contributed by atoms with Crippen LogP contribution < -0.4 is 0 Å². The van der Waals surface area contributed by atoms with E-state index >= 15 is 0 Å². The molecule has 0 aliphatic carbocycles. The standard InChI is InChI=1S/C11H27N2/c1-6-12(7-2)10-11-13(5,8-3)9-4/h6-11H2,1-5H3/q+1. The third kappa shape index (κ3) is 4.63. The molecule has 0 aromatic carbocycles. The minimum atomic E-state index is 1.18. The van der Waals surface area contributed by atoms with Crippen molar-refractivity contribution in [3.63, 3.8) is 0 Å². The summed E-state index contributed by atoms with van der Waals surface area (Å²) in [7, 11) is 2.35.